The Hall–Kier alpha value is -0.0800. The second kappa shape index (κ2) is 12.9. The van der Waals surface area contributed by atoms with Crippen LogP contribution < -0.4 is 11.1 Å². The summed E-state index contributed by atoms with van der Waals surface area (Å²) in [6.45, 7) is 14.2. The van der Waals surface area contributed by atoms with E-state index in [9.17, 15) is 0 Å². The minimum absolute atomic E-state index is 0.781. The molecule has 2 nitrogen and oxygen atoms in total. The first-order chi connectivity index (χ1) is 6.54. The van der Waals surface area contributed by atoms with Gasteiger partial charge in [0.05, 0.1) is 0 Å². The third-order valence-corrected chi connectivity index (χ3v) is 1.66. The van der Waals surface area contributed by atoms with Gasteiger partial charge in [0.25, 0.3) is 0 Å². The molecular formula is C12H30N2. The Bertz CT molecular complexity index is 80.3. The average molecular weight is 202 g/mol. The Morgan fingerprint density at radius 1 is 1.00 bits per heavy atom. The molecule has 0 rings (SSSR count). The summed E-state index contributed by atoms with van der Waals surface area (Å²) in [5.41, 5.74) is 5.14. The summed E-state index contributed by atoms with van der Waals surface area (Å²) >= 11 is 0. The van der Waals surface area contributed by atoms with E-state index >= 15 is 0 Å². The topological polar surface area (TPSA) is 38.0 Å². The molecule has 0 aromatic carbocycles. The van der Waals surface area contributed by atoms with Crippen LogP contribution in [0.15, 0.2) is 0 Å². The Balaban J connectivity index is 0. The van der Waals surface area contributed by atoms with E-state index in [4.69, 9.17) is 5.73 Å². The number of hydrogen-bond acceptors (Lipinski definition) is 2. The van der Waals surface area contributed by atoms with Crippen LogP contribution in [0.25, 0.3) is 0 Å². The fourth-order valence-corrected chi connectivity index (χ4v) is 0.865. The van der Waals surface area contributed by atoms with Crippen molar-refractivity contribution in [3.63, 3.8) is 0 Å². The van der Waals surface area contributed by atoms with E-state index in [0.717, 1.165) is 31.5 Å². The van der Waals surface area contributed by atoms with Gasteiger partial charge in [0.2, 0.25) is 0 Å². The molecule has 0 aliphatic rings. The molecule has 3 N–H and O–H groups in total. The van der Waals surface area contributed by atoms with Gasteiger partial charge in [0.1, 0.15) is 0 Å². The maximum atomic E-state index is 5.14. The van der Waals surface area contributed by atoms with Gasteiger partial charge in [-0.05, 0) is 37.9 Å². The zero-order valence-electron chi connectivity index (χ0n) is 10.8. The molecule has 0 radical (unpaired) electrons. The first-order valence-electron chi connectivity index (χ1n) is 5.95. The normalized spacial score (nSPS) is 10.3. The Labute approximate surface area is 90.6 Å². The summed E-state index contributed by atoms with van der Waals surface area (Å²) < 4.78 is 0. The Morgan fingerprint density at radius 3 is 1.57 bits per heavy atom. The largest absolute Gasteiger partial charge is 0.330 e. The zero-order valence-corrected chi connectivity index (χ0v) is 10.8. The van der Waals surface area contributed by atoms with Crippen LogP contribution in [0.5, 0.6) is 0 Å². The number of nitrogens with two attached hydrogens (primary N) is 1. The van der Waals surface area contributed by atoms with Crippen molar-refractivity contribution in [1.29, 1.82) is 0 Å². The predicted molar refractivity (Wildman–Crippen MR) is 66.5 cm³/mol. The van der Waals surface area contributed by atoms with Crippen LogP contribution in [-0.2, 0) is 0 Å². The highest BCUT2D eigenvalue weighted by atomic mass is 14.9. The van der Waals surface area contributed by atoms with Crippen LogP contribution in [0.3, 0.4) is 0 Å². The number of hydrogen-bond donors (Lipinski definition) is 2. The highest BCUT2D eigenvalue weighted by molar-refractivity contribution is 4.52. The monoisotopic (exact) mass is 202 g/mol. The second-order valence-electron chi connectivity index (χ2n) is 4.59. The molecule has 0 aliphatic heterocycles. The van der Waals surface area contributed by atoms with Gasteiger partial charge < -0.3 is 11.1 Å². The van der Waals surface area contributed by atoms with Gasteiger partial charge in [-0.1, -0.05) is 41.0 Å². The van der Waals surface area contributed by atoms with Gasteiger partial charge in [-0.25, -0.2) is 0 Å². The van der Waals surface area contributed by atoms with Crippen LogP contribution in [0.4, 0.5) is 0 Å². The number of unbranched alkanes of at least 4 members (excludes halogenated alkanes) is 1. The predicted octanol–water partition coefficient (Wildman–Crippen LogP) is 2.63. The van der Waals surface area contributed by atoms with E-state index in [0.29, 0.717) is 0 Å². The maximum Gasteiger partial charge on any atom is -0.00257 e. The first kappa shape index (κ1) is 16.4. The van der Waals surface area contributed by atoms with Crippen molar-refractivity contribution in [2.75, 3.05) is 19.6 Å². The number of nitrogens with one attached hydrogen (secondary N) is 1. The summed E-state index contributed by atoms with van der Waals surface area (Å²) in [6.07, 6.45) is 2.39. The molecule has 0 aromatic rings. The van der Waals surface area contributed by atoms with Crippen LogP contribution >= 0.6 is 0 Å². The van der Waals surface area contributed by atoms with Crippen LogP contribution in [0, 0.1) is 11.8 Å². The van der Waals surface area contributed by atoms with Gasteiger partial charge in [-0.3, -0.25) is 0 Å². The Kier molecular flexibility index (Phi) is 15.1. The minimum atomic E-state index is 0.781. The minimum Gasteiger partial charge on any atom is -0.330 e. The Morgan fingerprint density at radius 2 is 1.43 bits per heavy atom. The smallest absolute Gasteiger partial charge is 0.00257 e. The van der Waals surface area contributed by atoms with Crippen LogP contribution in [-0.4, -0.2) is 19.6 Å². The van der Waals surface area contributed by atoms with Crippen molar-refractivity contribution in [2.24, 2.45) is 17.6 Å². The summed E-state index contributed by atoms with van der Waals surface area (Å²) in [5.74, 6) is 1.56. The van der Waals surface area contributed by atoms with E-state index in [-0.39, 0.29) is 0 Å². The molecule has 0 amide bonds. The van der Waals surface area contributed by atoms with Crippen molar-refractivity contribution in [3.05, 3.63) is 0 Å². The van der Waals surface area contributed by atoms with Gasteiger partial charge in [-0.15, -0.1) is 0 Å². The van der Waals surface area contributed by atoms with E-state index in [1.165, 1.54) is 12.8 Å². The molecule has 0 heterocycles. The molecule has 0 unspecified atom stereocenters. The highest BCUT2D eigenvalue weighted by Crippen LogP contribution is 1.90. The van der Waals surface area contributed by atoms with Gasteiger partial charge in [0.15, 0.2) is 0 Å². The van der Waals surface area contributed by atoms with Crippen molar-refractivity contribution < 1.29 is 0 Å². The van der Waals surface area contributed by atoms with Crippen molar-refractivity contribution in [2.45, 2.75) is 47.5 Å². The third kappa shape index (κ3) is 22.7. The summed E-state index contributed by atoms with van der Waals surface area (Å²) in [7, 11) is 0. The highest BCUT2D eigenvalue weighted by Gasteiger charge is 1.94. The molecule has 88 valence electrons. The van der Waals surface area contributed by atoms with Crippen molar-refractivity contribution in [1.82, 2.24) is 5.32 Å². The molecule has 2 heteroatoms. The fraction of sp³-hybridized carbons (Fsp3) is 1.00. The molecule has 0 bridgehead atoms. The molecule has 14 heavy (non-hydrogen) atoms. The lowest BCUT2D eigenvalue weighted by atomic mass is 10.2. The maximum absolute atomic E-state index is 5.14. The van der Waals surface area contributed by atoms with Crippen LogP contribution in [0.1, 0.15) is 47.5 Å². The fourth-order valence-electron chi connectivity index (χ4n) is 0.865. The molecule has 0 aliphatic carbocycles. The lowest BCUT2D eigenvalue weighted by Crippen LogP contribution is -2.23. The standard InChI is InChI=1S/C8H19N.C4H11N/c1-7(2)5-9-6-8(3)4;1-2-3-4-5/h7-9H,5-6H2,1-4H3;2-5H2,1H3. The van der Waals surface area contributed by atoms with Gasteiger partial charge in [0, 0.05) is 0 Å². The average Bonchev–Trinajstić information content (AvgIpc) is 2.05. The quantitative estimate of drug-likeness (QED) is 0.695. The third-order valence-electron chi connectivity index (χ3n) is 1.66. The van der Waals surface area contributed by atoms with Gasteiger partial charge >= 0.3 is 0 Å². The van der Waals surface area contributed by atoms with Gasteiger partial charge in [-0.2, -0.15) is 0 Å². The van der Waals surface area contributed by atoms with Crippen molar-refractivity contribution >= 4 is 0 Å². The first-order valence-corrected chi connectivity index (χ1v) is 5.95. The summed E-state index contributed by atoms with van der Waals surface area (Å²) in [6, 6.07) is 0. The molecule has 0 saturated carbocycles. The molecule has 0 saturated heterocycles. The SMILES string of the molecule is CC(C)CNCC(C)C.CCCCN. The molecule has 0 fully saturated rings. The van der Waals surface area contributed by atoms with E-state index in [1.807, 2.05) is 0 Å². The summed E-state index contributed by atoms with van der Waals surface area (Å²) in [4.78, 5) is 0. The zero-order chi connectivity index (χ0) is 11.4. The number of rotatable bonds is 6. The van der Waals surface area contributed by atoms with Crippen molar-refractivity contribution in [3.8, 4) is 0 Å². The molecular weight excluding hydrogens is 172 g/mol. The lowest BCUT2D eigenvalue weighted by Gasteiger charge is -2.08. The lowest BCUT2D eigenvalue weighted by molar-refractivity contribution is 0.497. The second-order valence-corrected chi connectivity index (χ2v) is 4.59. The van der Waals surface area contributed by atoms with E-state index in [2.05, 4.69) is 39.9 Å². The molecule has 0 spiro atoms. The summed E-state index contributed by atoms with van der Waals surface area (Å²) in [5, 5.41) is 3.38. The molecule has 0 aromatic heterocycles. The molecule has 0 atom stereocenters. The van der Waals surface area contributed by atoms with E-state index in [1.54, 1.807) is 0 Å². The van der Waals surface area contributed by atoms with Crippen LogP contribution in [0.2, 0.25) is 0 Å². The van der Waals surface area contributed by atoms with E-state index < -0.39 is 0 Å².